The molecule has 0 aromatic heterocycles. The molecule has 0 radical (unpaired) electrons. The summed E-state index contributed by atoms with van der Waals surface area (Å²) in [5.74, 6) is 0.556. The Bertz CT molecular complexity index is 571. The standard InChI is InChI=1S/C18H21N/c1-13(2)15-8-5-6-10-17(15)19-18-12-11-14-7-3-4-9-16(14)18/h3-10,13,18-19H,11-12H2,1-2H3. The summed E-state index contributed by atoms with van der Waals surface area (Å²) in [5, 5.41) is 3.75. The smallest absolute Gasteiger partial charge is 0.0519 e. The number of fused-ring (bicyclic) bond motifs is 1. The van der Waals surface area contributed by atoms with Gasteiger partial charge >= 0.3 is 0 Å². The minimum Gasteiger partial charge on any atom is -0.378 e. The van der Waals surface area contributed by atoms with Gasteiger partial charge in [0.25, 0.3) is 0 Å². The van der Waals surface area contributed by atoms with E-state index in [2.05, 4.69) is 67.7 Å². The highest BCUT2D eigenvalue weighted by molar-refractivity contribution is 5.55. The number of hydrogen-bond acceptors (Lipinski definition) is 1. The second-order valence-electron chi connectivity index (χ2n) is 5.68. The van der Waals surface area contributed by atoms with Crippen molar-refractivity contribution in [2.45, 2.75) is 38.6 Å². The van der Waals surface area contributed by atoms with E-state index in [-0.39, 0.29) is 0 Å². The fourth-order valence-corrected chi connectivity index (χ4v) is 3.03. The Morgan fingerprint density at radius 2 is 1.74 bits per heavy atom. The van der Waals surface area contributed by atoms with Gasteiger partial charge in [-0.1, -0.05) is 56.3 Å². The molecule has 19 heavy (non-hydrogen) atoms. The zero-order valence-corrected chi connectivity index (χ0v) is 11.7. The SMILES string of the molecule is CC(C)c1ccccc1NC1CCc2ccccc21. The van der Waals surface area contributed by atoms with Crippen LogP contribution >= 0.6 is 0 Å². The second-order valence-corrected chi connectivity index (χ2v) is 5.68. The number of para-hydroxylation sites is 1. The quantitative estimate of drug-likeness (QED) is 0.817. The molecule has 2 aromatic carbocycles. The first-order valence-electron chi connectivity index (χ1n) is 7.19. The molecule has 0 heterocycles. The van der Waals surface area contributed by atoms with Crippen LogP contribution in [-0.4, -0.2) is 0 Å². The minimum atomic E-state index is 0.469. The molecular weight excluding hydrogens is 230 g/mol. The van der Waals surface area contributed by atoms with E-state index >= 15 is 0 Å². The molecule has 0 fully saturated rings. The van der Waals surface area contributed by atoms with Gasteiger partial charge in [0.1, 0.15) is 0 Å². The molecule has 98 valence electrons. The fourth-order valence-electron chi connectivity index (χ4n) is 3.03. The summed E-state index contributed by atoms with van der Waals surface area (Å²) in [7, 11) is 0. The highest BCUT2D eigenvalue weighted by Gasteiger charge is 2.22. The first-order chi connectivity index (χ1) is 9.25. The molecule has 1 unspecified atom stereocenters. The van der Waals surface area contributed by atoms with Crippen molar-refractivity contribution in [2.75, 3.05) is 5.32 Å². The van der Waals surface area contributed by atoms with Crippen LogP contribution in [0.25, 0.3) is 0 Å². The zero-order valence-electron chi connectivity index (χ0n) is 11.7. The Labute approximate surface area is 115 Å². The lowest BCUT2D eigenvalue weighted by Crippen LogP contribution is -2.09. The summed E-state index contributed by atoms with van der Waals surface area (Å²) < 4.78 is 0. The number of nitrogens with one attached hydrogen (secondary N) is 1. The molecule has 0 aliphatic heterocycles. The molecule has 1 aliphatic rings. The van der Waals surface area contributed by atoms with Crippen LogP contribution in [0.2, 0.25) is 0 Å². The molecule has 0 saturated heterocycles. The van der Waals surface area contributed by atoms with Gasteiger partial charge in [-0.25, -0.2) is 0 Å². The van der Waals surface area contributed by atoms with Crippen molar-refractivity contribution >= 4 is 5.69 Å². The third-order valence-corrected chi connectivity index (χ3v) is 4.05. The van der Waals surface area contributed by atoms with E-state index in [4.69, 9.17) is 0 Å². The van der Waals surface area contributed by atoms with Crippen LogP contribution in [-0.2, 0) is 6.42 Å². The molecule has 1 N–H and O–H groups in total. The van der Waals surface area contributed by atoms with E-state index in [1.807, 2.05) is 0 Å². The van der Waals surface area contributed by atoms with Crippen molar-refractivity contribution in [3.63, 3.8) is 0 Å². The van der Waals surface area contributed by atoms with Crippen molar-refractivity contribution in [3.8, 4) is 0 Å². The Morgan fingerprint density at radius 3 is 2.58 bits per heavy atom. The maximum absolute atomic E-state index is 3.75. The van der Waals surface area contributed by atoms with Gasteiger partial charge in [-0.3, -0.25) is 0 Å². The van der Waals surface area contributed by atoms with Gasteiger partial charge in [-0.15, -0.1) is 0 Å². The van der Waals surface area contributed by atoms with E-state index < -0.39 is 0 Å². The monoisotopic (exact) mass is 251 g/mol. The minimum absolute atomic E-state index is 0.469. The van der Waals surface area contributed by atoms with Crippen molar-refractivity contribution in [1.29, 1.82) is 0 Å². The Morgan fingerprint density at radius 1 is 1.00 bits per heavy atom. The lowest BCUT2D eigenvalue weighted by atomic mass is 10.00. The predicted molar refractivity (Wildman–Crippen MR) is 81.7 cm³/mol. The normalized spacial score (nSPS) is 17.5. The predicted octanol–water partition coefficient (Wildman–Crippen LogP) is 4.91. The fraction of sp³-hybridized carbons (Fsp3) is 0.333. The van der Waals surface area contributed by atoms with Crippen LogP contribution in [0.1, 0.15) is 48.9 Å². The molecule has 2 aromatic rings. The number of hydrogen-bond donors (Lipinski definition) is 1. The maximum Gasteiger partial charge on any atom is 0.0519 e. The van der Waals surface area contributed by atoms with Gasteiger partial charge in [-0.2, -0.15) is 0 Å². The van der Waals surface area contributed by atoms with Gasteiger partial charge in [0.15, 0.2) is 0 Å². The molecule has 0 bridgehead atoms. The first kappa shape index (κ1) is 12.3. The van der Waals surface area contributed by atoms with Crippen LogP contribution in [0.15, 0.2) is 48.5 Å². The highest BCUT2D eigenvalue weighted by Crippen LogP contribution is 2.35. The van der Waals surface area contributed by atoms with Gasteiger partial charge < -0.3 is 5.32 Å². The van der Waals surface area contributed by atoms with E-state index in [0.29, 0.717) is 12.0 Å². The van der Waals surface area contributed by atoms with Crippen LogP contribution < -0.4 is 5.32 Å². The van der Waals surface area contributed by atoms with Gasteiger partial charge in [-0.05, 0) is 41.5 Å². The molecule has 0 amide bonds. The summed E-state index contributed by atoms with van der Waals surface area (Å²) in [5.41, 5.74) is 5.68. The average Bonchev–Trinajstić information content (AvgIpc) is 2.83. The molecule has 0 saturated carbocycles. The van der Waals surface area contributed by atoms with Gasteiger partial charge in [0.05, 0.1) is 6.04 Å². The largest absolute Gasteiger partial charge is 0.378 e. The van der Waals surface area contributed by atoms with Crippen LogP contribution in [0.3, 0.4) is 0 Å². The third-order valence-electron chi connectivity index (χ3n) is 4.05. The molecule has 0 spiro atoms. The van der Waals surface area contributed by atoms with E-state index in [1.165, 1.54) is 35.2 Å². The number of benzene rings is 2. The van der Waals surface area contributed by atoms with E-state index in [1.54, 1.807) is 0 Å². The summed E-state index contributed by atoms with van der Waals surface area (Å²) in [6, 6.07) is 18.0. The summed E-state index contributed by atoms with van der Waals surface area (Å²) in [6.07, 6.45) is 2.39. The number of aryl methyl sites for hydroxylation is 1. The third kappa shape index (κ3) is 2.37. The molecule has 1 atom stereocenters. The van der Waals surface area contributed by atoms with Crippen molar-refractivity contribution in [2.24, 2.45) is 0 Å². The molecule has 3 rings (SSSR count). The topological polar surface area (TPSA) is 12.0 Å². The van der Waals surface area contributed by atoms with Crippen LogP contribution in [0, 0.1) is 0 Å². The Kier molecular flexibility index (Phi) is 3.29. The Hall–Kier alpha value is -1.76. The molecule has 1 nitrogen and oxygen atoms in total. The van der Waals surface area contributed by atoms with Crippen LogP contribution in [0.5, 0.6) is 0 Å². The highest BCUT2D eigenvalue weighted by atomic mass is 14.9. The van der Waals surface area contributed by atoms with Crippen LogP contribution in [0.4, 0.5) is 5.69 Å². The average molecular weight is 251 g/mol. The second kappa shape index (κ2) is 5.08. The van der Waals surface area contributed by atoms with Gasteiger partial charge in [0, 0.05) is 5.69 Å². The molecule has 1 heteroatoms. The molecular formula is C18H21N. The Balaban J connectivity index is 1.88. The number of rotatable bonds is 3. The van der Waals surface area contributed by atoms with Crippen molar-refractivity contribution in [1.82, 2.24) is 0 Å². The maximum atomic E-state index is 3.75. The first-order valence-corrected chi connectivity index (χ1v) is 7.19. The summed E-state index contributed by atoms with van der Waals surface area (Å²) in [4.78, 5) is 0. The lowest BCUT2D eigenvalue weighted by Gasteiger charge is -2.20. The summed E-state index contributed by atoms with van der Waals surface area (Å²) >= 11 is 0. The van der Waals surface area contributed by atoms with Crippen molar-refractivity contribution < 1.29 is 0 Å². The van der Waals surface area contributed by atoms with Gasteiger partial charge in [0.2, 0.25) is 0 Å². The molecule has 1 aliphatic carbocycles. The van der Waals surface area contributed by atoms with Crippen molar-refractivity contribution in [3.05, 3.63) is 65.2 Å². The number of anilines is 1. The summed E-state index contributed by atoms with van der Waals surface area (Å²) in [6.45, 7) is 4.51. The lowest BCUT2D eigenvalue weighted by molar-refractivity contribution is 0.755. The van der Waals surface area contributed by atoms with E-state index in [0.717, 1.165) is 0 Å². The zero-order chi connectivity index (χ0) is 13.2. The van der Waals surface area contributed by atoms with E-state index in [9.17, 15) is 0 Å².